The minimum absolute atomic E-state index is 0.197. The fourth-order valence-electron chi connectivity index (χ4n) is 1.85. The van der Waals surface area contributed by atoms with E-state index in [1.165, 1.54) is 0 Å². The quantitative estimate of drug-likeness (QED) is 0.361. The number of hydrogen-bond acceptors (Lipinski definition) is 2. The van der Waals surface area contributed by atoms with E-state index in [0.29, 0.717) is 11.1 Å². The fraction of sp³-hybridized carbons (Fsp3) is 0.0588. The Morgan fingerprint density at radius 2 is 1.74 bits per heavy atom. The number of Topliss-reactive ketones (excluding diaryl/α,β-unsaturated/α-hetero) is 1. The maximum absolute atomic E-state index is 11.6. The maximum Gasteiger partial charge on any atom is 0.235 e. The number of carbonyl (C=O) groups is 2. The standard InChI is InChI=1S/C17H12O2/c1-2-5-17(19)14-10-8-13(9-11-14)16-7-4-3-6-15(16)12-18/h3-4,6-12H,1H3. The molecule has 2 heteroatoms. The highest BCUT2D eigenvalue weighted by Crippen LogP contribution is 2.22. The number of carbonyl (C=O) groups excluding carboxylic acids is 2. The third kappa shape index (κ3) is 2.78. The summed E-state index contributed by atoms with van der Waals surface area (Å²) in [5.74, 6) is 4.89. The molecule has 0 saturated carbocycles. The zero-order valence-electron chi connectivity index (χ0n) is 10.5. The van der Waals surface area contributed by atoms with E-state index in [2.05, 4.69) is 11.8 Å². The Morgan fingerprint density at radius 1 is 1.05 bits per heavy atom. The molecular weight excluding hydrogens is 236 g/mol. The van der Waals surface area contributed by atoms with Gasteiger partial charge >= 0.3 is 0 Å². The summed E-state index contributed by atoms with van der Waals surface area (Å²) in [5, 5.41) is 0. The van der Waals surface area contributed by atoms with Crippen molar-refractivity contribution in [1.29, 1.82) is 0 Å². The first-order valence-electron chi connectivity index (χ1n) is 5.88. The average Bonchev–Trinajstić information content (AvgIpc) is 2.47. The highest BCUT2D eigenvalue weighted by atomic mass is 16.1. The molecule has 0 N–H and O–H groups in total. The van der Waals surface area contributed by atoms with E-state index >= 15 is 0 Å². The van der Waals surface area contributed by atoms with Crippen molar-refractivity contribution in [3.8, 4) is 23.0 Å². The fourth-order valence-corrected chi connectivity index (χ4v) is 1.85. The monoisotopic (exact) mass is 248 g/mol. The second kappa shape index (κ2) is 5.79. The van der Waals surface area contributed by atoms with Crippen LogP contribution in [-0.2, 0) is 0 Å². The Morgan fingerprint density at radius 3 is 2.37 bits per heavy atom. The minimum atomic E-state index is -0.197. The number of ketones is 1. The van der Waals surface area contributed by atoms with E-state index in [0.717, 1.165) is 17.4 Å². The number of rotatable bonds is 3. The van der Waals surface area contributed by atoms with Gasteiger partial charge in [-0.05, 0) is 36.1 Å². The van der Waals surface area contributed by atoms with Gasteiger partial charge in [0, 0.05) is 11.1 Å². The van der Waals surface area contributed by atoms with E-state index in [4.69, 9.17) is 0 Å². The van der Waals surface area contributed by atoms with Crippen molar-refractivity contribution in [2.75, 3.05) is 0 Å². The highest BCUT2D eigenvalue weighted by Gasteiger charge is 2.05. The van der Waals surface area contributed by atoms with Gasteiger partial charge in [0.05, 0.1) is 0 Å². The van der Waals surface area contributed by atoms with Gasteiger partial charge in [0.1, 0.15) is 0 Å². The molecule has 2 rings (SSSR count). The van der Waals surface area contributed by atoms with Crippen LogP contribution in [0.25, 0.3) is 11.1 Å². The van der Waals surface area contributed by atoms with Gasteiger partial charge in [-0.2, -0.15) is 0 Å². The Bertz CT molecular complexity index is 670. The molecule has 0 saturated heterocycles. The van der Waals surface area contributed by atoms with Gasteiger partial charge in [-0.3, -0.25) is 9.59 Å². The zero-order valence-corrected chi connectivity index (χ0v) is 10.5. The number of benzene rings is 2. The lowest BCUT2D eigenvalue weighted by molar-refractivity contribution is 0.105. The Kier molecular flexibility index (Phi) is 3.90. The summed E-state index contributed by atoms with van der Waals surface area (Å²) in [5.41, 5.74) is 2.96. The van der Waals surface area contributed by atoms with Crippen molar-refractivity contribution >= 4 is 12.1 Å². The van der Waals surface area contributed by atoms with E-state index in [9.17, 15) is 9.59 Å². The molecular formula is C17H12O2. The molecule has 2 aromatic carbocycles. The second-order valence-electron chi connectivity index (χ2n) is 3.99. The molecule has 92 valence electrons. The highest BCUT2D eigenvalue weighted by molar-refractivity contribution is 6.09. The third-order valence-electron chi connectivity index (χ3n) is 2.78. The minimum Gasteiger partial charge on any atom is -0.298 e. The van der Waals surface area contributed by atoms with E-state index in [-0.39, 0.29) is 5.78 Å². The lowest BCUT2D eigenvalue weighted by Gasteiger charge is -2.05. The van der Waals surface area contributed by atoms with Gasteiger partial charge in [-0.15, -0.1) is 0 Å². The van der Waals surface area contributed by atoms with Gasteiger partial charge in [-0.1, -0.05) is 42.3 Å². The van der Waals surface area contributed by atoms with Crippen LogP contribution in [0.1, 0.15) is 27.6 Å². The maximum atomic E-state index is 11.6. The molecule has 2 nitrogen and oxygen atoms in total. The van der Waals surface area contributed by atoms with Crippen molar-refractivity contribution in [1.82, 2.24) is 0 Å². The Labute approximate surface area is 112 Å². The van der Waals surface area contributed by atoms with E-state index < -0.39 is 0 Å². The van der Waals surface area contributed by atoms with Gasteiger partial charge in [0.2, 0.25) is 5.78 Å². The van der Waals surface area contributed by atoms with Crippen molar-refractivity contribution in [3.63, 3.8) is 0 Å². The van der Waals surface area contributed by atoms with Crippen LogP contribution in [0.4, 0.5) is 0 Å². The predicted molar refractivity (Wildman–Crippen MR) is 75.0 cm³/mol. The Hall–Kier alpha value is -2.66. The summed E-state index contributed by atoms with van der Waals surface area (Å²) in [6.45, 7) is 1.63. The van der Waals surface area contributed by atoms with Crippen LogP contribution in [0.3, 0.4) is 0 Å². The molecule has 0 aliphatic carbocycles. The smallest absolute Gasteiger partial charge is 0.235 e. The van der Waals surface area contributed by atoms with Crippen LogP contribution >= 0.6 is 0 Å². The van der Waals surface area contributed by atoms with Crippen LogP contribution in [-0.4, -0.2) is 12.1 Å². The normalized spacial score (nSPS) is 9.32. The van der Waals surface area contributed by atoms with Gasteiger partial charge in [0.15, 0.2) is 6.29 Å². The summed E-state index contributed by atoms with van der Waals surface area (Å²) in [4.78, 5) is 22.6. The second-order valence-corrected chi connectivity index (χ2v) is 3.99. The van der Waals surface area contributed by atoms with Gasteiger partial charge in [-0.25, -0.2) is 0 Å². The summed E-state index contributed by atoms with van der Waals surface area (Å²) < 4.78 is 0. The summed E-state index contributed by atoms with van der Waals surface area (Å²) >= 11 is 0. The molecule has 0 atom stereocenters. The summed E-state index contributed by atoms with van der Waals surface area (Å²) in [7, 11) is 0. The average molecular weight is 248 g/mol. The van der Waals surface area contributed by atoms with Crippen molar-refractivity contribution in [2.24, 2.45) is 0 Å². The molecule has 0 amide bonds. The van der Waals surface area contributed by atoms with Crippen LogP contribution < -0.4 is 0 Å². The van der Waals surface area contributed by atoms with Crippen LogP contribution in [0.5, 0.6) is 0 Å². The summed E-state index contributed by atoms with van der Waals surface area (Å²) in [6, 6.07) is 14.5. The molecule has 0 aliphatic rings. The van der Waals surface area contributed by atoms with E-state index in [1.54, 1.807) is 25.1 Å². The number of aldehydes is 1. The molecule has 0 radical (unpaired) electrons. The molecule has 0 heterocycles. The number of hydrogen-bond donors (Lipinski definition) is 0. The SMILES string of the molecule is CC#CC(=O)c1ccc(-c2ccccc2C=O)cc1. The van der Waals surface area contributed by atoms with Crippen molar-refractivity contribution in [3.05, 3.63) is 59.7 Å². The first-order chi connectivity index (χ1) is 9.26. The Balaban J connectivity index is 2.39. The zero-order chi connectivity index (χ0) is 13.7. The van der Waals surface area contributed by atoms with Gasteiger partial charge in [0.25, 0.3) is 0 Å². The topological polar surface area (TPSA) is 34.1 Å². The molecule has 0 fully saturated rings. The first-order valence-corrected chi connectivity index (χ1v) is 5.88. The summed E-state index contributed by atoms with van der Waals surface area (Å²) in [6.07, 6.45) is 0.830. The molecule has 0 unspecified atom stereocenters. The van der Waals surface area contributed by atoms with Crippen LogP contribution in [0, 0.1) is 11.8 Å². The van der Waals surface area contributed by atoms with Crippen molar-refractivity contribution < 1.29 is 9.59 Å². The predicted octanol–water partition coefficient (Wildman–Crippen LogP) is 3.37. The molecule has 2 aromatic rings. The lowest BCUT2D eigenvalue weighted by Crippen LogP contribution is -1.94. The molecule has 0 aliphatic heterocycles. The molecule has 0 aromatic heterocycles. The van der Waals surface area contributed by atoms with Crippen LogP contribution in [0.2, 0.25) is 0 Å². The lowest BCUT2D eigenvalue weighted by atomic mass is 9.98. The van der Waals surface area contributed by atoms with Crippen LogP contribution in [0.15, 0.2) is 48.5 Å². The van der Waals surface area contributed by atoms with E-state index in [1.807, 2.05) is 30.3 Å². The van der Waals surface area contributed by atoms with Gasteiger partial charge < -0.3 is 0 Å². The first kappa shape index (κ1) is 12.8. The molecule has 0 bridgehead atoms. The van der Waals surface area contributed by atoms with Crippen molar-refractivity contribution in [2.45, 2.75) is 6.92 Å². The molecule has 0 spiro atoms. The largest absolute Gasteiger partial charge is 0.298 e. The third-order valence-corrected chi connectivity index (χ3v) is 2.78. The molecule has 19 heavy (non-hydrogen) atoms.